The maximum Gasteiger partial charge on any atom is 0.319 e. The smallest absolute Gasteiger partial charge is 0.319 e. The number of carbonyl (C=O) groups is 3. The highest BCUT2D eigenvalue weighted by molar-refractivity contribution is 6.03. The Morgan fingerprint density at radius 2 is 1.68 bits per heavy atom. The van der Waals surface area contributed by atoms with E-state index < -0.39 is 59.0 Å². The summed E-state index contributed by atoms with van der Waals surface area (Å²) in [5, 5.41) is 32.1. The number of halogens is 3. The Bertz CT molecular complexity index is 3430. The summed E-state index contributed by atoms with van der Waals surface area (Å²) in [5.74, 6) is -0.465. The van der Waals surface area contributed by atoms with Crippen molar-refractivity contribution in [2.45, 2.75) is 115 Å². The summed E-state index contributed by atoms with van der Waals surface area (Å²) >= 11 is 0. The second kappa shape index (κ2) is 22.5. The van der Waals surface area contributed by atoms with Crippen molar-refractivity contribution in [1.82, 2.24) is 40.7 Å². The molecule has 6 heterocycles. The number of hydrogen-bond donors (Lipinski definition) is 5. The summed E-state index contributed by atoms with van der Waals surface area (Å²) < 4.78 is 59.5. The summed E-state index contributed by atoms with van der Waals surface area (Å²) in [5.41, 5.74) is 0.784. The number of hydrogen-bond acceptors (Lipinski definition) is 13. The minimum Gasteiger partial charge on any atom is -0.508 e. The van der Waals surface area contributed by atoms with Gasteiger partial charge < -0.3 is 50.3 Å². The van der Waals surface area contributed by atoms with Crippen molar-refractivity contribution >= 4 is 45.2 Å². The molecule has 7 atom stereocenters. The Morgan fingerprint density at radius 3 is 2.40 bits per heavy atom. The van der Waals surface area contributed by atoms with Gasteiger partial charge in [0.25, 0.3) is 0 Å². The number of rotatable bonds is 16. The molecule has 11 rings (SSSR count). The molecule has 5 N–H and O–H groups in total. The van der Waals surface area contributed by atoms with Gasteiger partial charge in [0.2, 0.25) is 17.7 Å². The molecule has 1 aliphatic carbocycles. The number of β-amino-alcohol motifs (C(OH)–C–C–N with tert-alkyl or cyclic N) is 1. The first-order valence-electron chi connectivity index (χ1n) is 28.0. The number of ether oxygens (including phenoxy) is 2. The van der Waals surface area contributed by atoms with Gasteiger partial charge in [0.15, 0.2) is 5.82 Å². The standard InChI is InChI=1S/C62H68F3N9O7/c1-6-44-49(64)20-17-38-24-41(75)25-46(52(38)44)54-53(65)55-47(27-66-54)57(73-28-39-18-19-40(29-73)68-39)71-60(70-55)81-34-62(21-22-62)33-72-23-9-10-43(31-72)80-32-51(77)69-56(61(3,4)5)59(79)74-30-42(76)26-50(74)58(78)67-35(2)36-13-15-37(16-14-36)45-11-7-8-12-48(45)63/h1,7-8,11-17,20,24-25,27,35,39-40,42-43,50,56,68,75-76H,9-10,18-19,21-23,26,28-34H2,2-5H3,(H,67,78)(H,69,77)/t35-,39?,40?,42+,43-,50-,56+/m0/s1. The molecule has 4 aliphatic heterocycles. The van der Waals surface area contributed by atoms with Gasteiger partial charge >= 0.3 is 6.01 Å². The van der Waals surface area contributed by atoms with E-state index in [0.29, 0.717) is 53.9 Å². The Labute approximate surface area is 468 Å². The van der Waals surface area contributed by atoms with Crippen LogP contribution in [-0.2, 0) is 19.1 Å². The number of aromatic nitrogens is 3. The first-order chi connectivity index (χ1) is 38.8. The van der Waals surface area contributed by atoms with Crippen LogP contribution in [0.4, 0.5) is 19.0 Å². The van der Waals surface area contributed by atoms with Crippen molar-refractivity contribution in [1.29, 1.82) is 0 Å². The van der Waals surface area contributed by atoms with Crippen LogP contribution in [0.2, 0.25) is 0 Å². The predicted molar refractivity (Wildman–Crippen MR) is 300 cm³/mol. The first kappa shape index (κ1) is 55.5. The van der Waals surface area contributed by atoms with Gasteiger partial charge in [-0.3, -0.25) is 19.4 Å². The lowest BCUT2D eigenvalue weighted by Gasteiger charge is -2.36. The van der Waals surface area contributed by atoms with E-state index in [9.17, 15) is 29.0 Å². The second-order valence-corrected chi connectivity index (χ2v) is 23.9. The van der Waals surface area contributed by atoms with Crippen LogP contribution in [0.1, 0.15) is 89.8 Å². The lowest BCUT2D eigenvalue weighted by atomic mass is 9.85. The van der Waals surface area contributed by atoms with Gasteiger partial charge in [-0.25, -0.2) is 13.2 Å². The molecule has 2 unspecified atom stereocenters. The number of aliphatic hydroxyl groups excluding tert-OH is 1. The van der Waals surface area contributed by atoms with Gasteiger partial charge in [0.05, 0.1) is 35.8 Å². The number of carbonyl (C=O) groups excluding carboxylic acids is 3. The zero-order valence-electron chi connectivity index (χ0n) is 46.0. The number of anilines is 1. The molecule has 5 fully saturated rings. The van der Waals surface area contributed by atoms with Gasteiger partial charge in [-0.1, -0.05) is 75.2 Å². The lowest BCUT2D eigenvalue weighted by molar-refractivity contribution is -0.145. The number of piperidine rings is 1. The molecule has 16 nitrogen and oxygen atoms in total. The van der Waals surface area contributed by atoms with Gasteiger partial charge in [-0.05, 0) is 98.2 Å². The number of amides is 3. The zero-order valence-corrected chi connectivity index (χ0v) is 46.0. The third kappa shape index (κ3) is 11.7. The SMILES string of the molecule is C#Cc1c(F)ccc2cc(O)cc(-c3ncc4c(N5CC6CCC(C5)N6)nc(OCC5(CN6CCC[C@H](OCC(=O)N[C@H](C(=O)N7C[C@H](O)C[C@H]7C(=O)N[C@@H](C)c7ccc(-c8ccccc8F)cc7)C(C)(C)C)C6)CC5)nc4c3F)c12. The predicted octanol–water partition coefficient (Wildman–Crippen LogP) is 7.57. The minimum atomic E-state index is -1.04. The van der Waals surface area contributed by atoms with Crippen molar-refractivity contribution in [3.63, 3.8) is 0 Å². The Balaban J connectivity index is 0.728. The quantitative estimate of drug-likeness (QED) is 0.0597. The van der Waals surface area contributed by atoms with Crippen LogP contribution < -0.4 is 25.6 Å². The monoisotopic (exact) mass is 1110 g/mol. The van der Waals surface area contributed by atoms with E-state index in [1.807, 2.05) is 39.8 Å². The van der Waals surface area contributed by atoms with Crippen LogP contribution in [0.25, 0.3) is 44.1 Å². The van der Waals surface area contributed by atoms with Crippen LogP contribution >= 0.6 is 0 Å². The van der Waals surface area contributed by atoms with E-state index in [0.717, 1.165) is 50.6 Å². The van der Waals surface area contributed by atoms with Gasteiger partial charge in [0.1, 0.15) is 53.1 Å². The van der Waals surface area contributed by atoms with E-state index in [4.69, 9.17) is 20.9 Å². The van der Waals surface area contributed by atoms with Crippen LogP contribution in [0, 0.1) is 40.6 Å². The van der Waals surface area contributed by atoms with Crippen molar-refractivity contribution in [3.8, 4) is 46.5 Å². The minimum absolute atomic E-state index is 0.00974. The number of benzene rings is 4. The van der Waals surface area contributed by atoms with E-state index in [-0.39, 0.29) is 95.1 Å². The molecule has 6 aromatic rings. The van der Waals surface area contributed by atoms with Crippen LogP contribution in [-0.4, -0.2) is 142 Å². The van der Waals surface area contributed by atoms with E-state index in [1.54, 1.807) is 30.3 Å². The number of phenols is 1. The second-order valence-electron chi connectivity index (χ2n) is 23.9. The van der Waals surface area contributed by atoms with Crippen molar-refractivity contribution < 1.29 is 47.2 Å². The average Bonchev–Trinajstić information content (AvgIpc) is 4.05. The number of aromatic hydroxyl groups is 1. The maximum atomic E-state index is 17.2. The fourth-order valence-electron chi connectivity index (χ4n) is 12.3. The topological polar surface area (TPSA) is 195 Å². The third-order valence-corrected chi connectivity index (χ3v) is 16.8. The number of fused-ring (bicyclic) bond motifs is 4. The summed E-state index contributed by atoms with van der Waals surface area (Å²) in [6, 6.07) is 17.2. The summed E-state index contributed by atoms with van der Waals surface area (Å²) in [6.45, 7) is 10.5. The molecule has 0 radical (unpaired) electrons. The molecule has 2 bridgehead atoms. The summed E-state index contributed by atoms with van der Waals surface area (Å²) in [6.07, 6.45) is 11.4. The largest absolute Gasteiger partial charge is 0.508 e. The van der Waals surface area contributed by atoms with E-state index in [1.165, 1.54) is 41.4 Å². The molecule has 424 valence electrons. The Hall–Kier alpha value is -7.37. The molecule has 4 saturated heterocycles. The summed E-state index contributed by atoms with van der Waals surface area (Å²) in [4.78, 5) is 61.9. The fraction of sp³-hybridized carbons (Fsp3) is 0.452. The average molecular weight is 1110 g/mol. The highest BCUT2D eigenvalue weighted by Crippen LogP contribution is 2.47. The number of aliphatic hydroxyl groups is 1. The fourth-order valence-corrected chi connectivity index (χ4v) is 12.3. The molecular formula is C62H68F3N9O7. The number of likely N-dealkylation sites (tertiary alicyclic amines) is 2. The number of nitrogens with one attached hydrogen (secondary N) is 3. The van der Waals surface area contributed by atoms with Crippen molar-refractivity contribution in [2.75, 3.05) is 57.4 Å². The van der Waals surface area contributed by atoms with Crippen LogP contribution in [0.5, 0.6) is 11.8 Å². The lowest BCUT2D eigenvalue weighted by Crippen LogP contribution is -2.58. The Morgan fingerprint density at radius 1 is 0.926 bits per heavy atom. The molecule has 3 amide bonds. The van der Waals surface area contributed by atoms with Crippen LogP contribution in [0.15, 0.2) is 79.0 Å². The number of nitrogens with zero attached hydrogens (tertiary/aromatic N) is 6. The molecular weight excluding hydrogens is 1040 g/mol. The molecule has 4 aromatic carbocycles. The number of terminal acetylenes is 1. The molecule has 0 spiro atoms. The van der Waals surface area contributed by atoms with E-state index >= 15 is 8.78 Å². The highest BCUT2D eigenvalue weighted by Gasteiger charge is 2.47. The molecule has 81 heavy (non-hydrogen) atoms. The maximum absolute atomic E-state index is 17.2. The normalized spacial score (nSPS) is 22.3. The van der Waals surface area contributed by atoms with Gasteiger partial charge in [-0.2, -0.15) is 9.97 Å². The molecule has 5 aliphatic rings. The third-order valence-electron chi connectivity index (χ3n) is 16.8. The van der Waals surface area contributed by atoms with Gasteiger partial charge in [0, 0.05) is 79.4 Å². The molecule has 19 heteroatoms. The van der Waals surface area contributed by atoms with Crippen molar-refractivity contribution in [3.05, 3.63) is 108 Å². The highest BCUT2D eigenvalue weighted by atomic mass is 19.1. The first-order valence-corrected chi connectivity index (χ1v) is 28.0. The zero-order chi connectivity index (χ0) is 56.9. The van der Waals surface area contributed by atoms with E-state index in [2.05, 4.69) is 41.6 Å². The molecule has 2 aromatic heterocycles. The summed E-state index contributed by atoms with van der Waals surface area (Å²) in [7, 11) is 0. The van der Waals surface area contributed by atoms with Gasteiger partial charge in [-0.15, -0.1) is 6.42 Å². The number of phenolic OH excluding ortho intramolecular Hbond substituents is 1. The Kier molecular flexibility index (Phi) is 15.4. The van der Waals surface area contributed by atoms with Crippen molar-refractivity contribution in [2.24, 2.45) is 10.8 Å². The molecule has 1 saturated carbocycles. The van der Waals surface area contributed by atoms with Crippen LogP contribution in [0.3, 0.4) is 0 Å². The number of pyridine rings is 1. The number of piperazine rings is 1.